The van der Waals surface area contributed by atoms with Gasteiger partial charge in [0.05, 0.1) is 6.54 Å². The molecule has 80 valence electrons. The first-order chi connectivity index (χ1) is 6.75. The Hall–Kier alpha value is -0.610. The normalized spacial score (nSPS) is 24.8. The summed E-state index contributed by atoms with van der Waals surface area (Å²) in [7, 11) is 0. The molecule has 0 aromatic rings. The van der Waals surface area contributed by atoms with Crippen LogP contribution in [0.2, 0.25) is 0 Å². The third-order valence-electron chi connectivity index (χ3n) is 2.97. The Kier molecular flexibility index (Phi) is 3.03. The summed E-state index contributed by atoms with van der Waals surface area (Å²) >= 11 is 0. The maximum atomic E-state index is 11.8. The molecular weight excluding hydrogens is 178 g/mol. The summed E-state index contributed by atoms with van der Waals surface area (Å²) < 4.78 is 0. The van der Waals surface area contributed by atoms with E-state index in [2.05, 4.69) is 17.1 Å². The number of carbonyl (C=O) groups excluding carboxylic acids is 1. The number of piperazine rings is 1. The van der Waals surface area contributed by atoms with E-state index < -0.39 is 0 Å². The zero-order valence-electron chi connectivity index (χ0n) is 8.83. The van der Waals surface area contributed by atoms with E-state index in [1.54, 1.807) is 0 Å². The zero-order chi connectivity index (χ0) is 9.97. The molecule has 0 unspecified atom stereocenters. The summed E-state index contributed by atoms with van der Waals surface area (Å²) in [5, 5.41) is 3.25. The first kappa shape index (κ1) is 9.93. The second-order valence-electron chi connectivity index (χ2n) is 4.43. The van der Waals surface area contributed by atoms with Crippen LogP contribution in [-0.2, 0) is 4.79 Å². The van der Waals surface area contributed by atoms with Crippen molar-refractivity contribution in [2.75, 3.05) is 45.8 Å². The molecule has 0 bridgehead atoms. The molecule has 0 atom stereocenters. The van der Waals surface area contributed by atoms with E-state index in [9.17, 15) is 4.79 Å². The molecule has 14 heavy (non-hydrogen) atoms. The van der Waals surface area contributed by atoms with Crippen LogP contribution < -0.4 is 5.32 Å². The van der Waals surface area contributed by atoms with E-state index in [-0.39, 0.29) is 0 Å². The molecule has 2 aliphatic rings. The van der Waals surface area contributed by atoms with Gasteiger partial charge in [-0.15, -0.1) is 0 Å². The highest BCUT2D eigenvalue weighted by molar-refractivity contribution is 5.78. The van der Waals surface area contributed by atoms with Gasteiger partial charge in [-0.2, -0.15) is 0 Å². The highest BCUT2D eigenvalue weighted by atomic mass is 16.2. The summed E-state index contributed by atoms with van der Waals surface area (Å²) in [4.78, 5) is 16.0. The minimum absolute atomic E-state index is 0.304. The van der Waals surface area contributed by atoms with Crippen molar-refractivity contribution in [2.24, 2.45) is 5.92 Å². The van der Waals surface area contributed by atoms with E-state index in [0.29, 0.717) is 12.5 Å². The quantitative estimate of drug-likeness (QED) is 0.640. The lowest BCUT2D eigenvalue weighted by atomic mass is 10.0. The summed E-state index contributed by atoms with van der Waals surface area (Å²) in [6, 6.07) is 0. The van der Waals surface area contributed by atoms with Gasteiger partial charge in [-0.25, -0.2) is 0 Å². The molecule has 2 aliphatic heterocycles. The Balaban J connectivity index is 1.71. The standard InChI is InChI=1S/C10H19N3O/c1-9-6-12(7-9)8-10(14)13-4-2-11-3-5-13/h9,11H,2-8H2,1H3. The van der Waals surface area contributed by atoms with E-state index >= 15 is 0 Å². The van der Waals surface area contributed by atoms with Crippen LogP contribution in [0.3, 0.4) is 0 Å². The van der Waals surface area contributed by atoms with Gasteiger partial charge < -0.3 is 10.2 Å². The van der Waals surface area contributed by atoms with Crippen LogP contribution in [0.4, 0.5) is 0 Å². The molecular formula is C10H19N3O. The molecule has 0 aromatic carbocycles. The smallest absolute Gasteiger partial charge is 0.236 e. The Morgan fingerprint density at radius 3 is 2.57 bits per heavy atom. The molecule has 2 saturated heterocycles. The fourth-order valence-electron chi connectivity index (χ4n) is 2.16. The van der Waals surface area contributed by atoms with Gasteiger partial charge in [0.25, 0.3) is 0 Å². The zero-order valence-corrected chi connectivity index (χ0v) is 8.83. The van der Waals surface area contributed by atoms with Crippen LogP contribution in [0.5, 0.6) is 0 Å². The Morgan fingerprint density at radius 2 is 2.00 bits per heavy atom. The van der Waals surface area contributed by atoms with E-state index in [4.69, 9.17) is 0 Å². The molecule has 2 fully saturated rings. The van der Waals surface area contributed by atoms with Gasteiger partial charge in [0.15, 0.2) is 0 Å². The lowest BCUT2D eigenvalue weighted by Gasteiger charge is -2.38. The van der Waals surface area contributed by atoms with E-state index in [1.807, 2.05) is 4.90 Å². The van der Waals surface area contributed by atoms with Crippen molar-refractivity contribution in [3.8, 4) is 0 Å². The molecule has 1 amide bonds. The molecule has 0 saturated carbocycles. The van der Waals surface area contributed by atoms with Gasteiger partial charge in [-0.1, -0.05) is 6.92 Å². The highest BCUT2D eigenvalue weighted by Gasteiger charge is 2.26. The lowest BCUT2D eigenvalue weighted by Crippen LogP contribution is -2.53. The van der Waals surface area contributed by atoms with Crippen LogP contribution in [0.15, 0.2) is 0 Å². The summed E-state index contributed by atoms with van der Waals surface area (Å²) in [5.74, 6) is 1.09. The molecule has 0 radical (unpaired) electrons. The summed E-state index contributed by atoms with van der Waals surface area (Å²) in [6.45, 7) is 8.69. The second-order valence-corrected chi connectivity index (χ2v) is 4.43. The molecule has 4 heteroatoms. The van der Waals surface area contributed by atoms with Gasteiger partial charge in [0.2, 0.25) is 5.91 Å². The second kappa shape index (κ2) is 4.28. The average molecular weight is 197 g/mol. The first-order valence-corrected chi connectivity index (χ1v) is 5.46. The molecule has 4 nitrogen and oxygen atoms in total. The maximum absolute atomic E-state index is 11.8. The van der Waals surface area contributed by atoms with Crippen molar-refractivity contribution in [1.82, 2.24) is 15.1 Å². The minimum Gasteiger partial charge on any atom is -0.339 e. The van der Waals surface area contributed by atoms with Crippen molar-refractivity contribution in [2.45, 2.75) is 6.92 Å². The van der Waals surface area contributed by atoms with Crippen molar-refractivity contribution < 1.29 is 4.79 Å². The topological polar surface area (TPSA) is 35.6 Å². The van der Waals surface area contributed by atoms with Gasteiger partial charge in [0, 0.05) is 39.3 Å². The van der Waals surface area contributed by atoms with Gasteiger partial charge >= 0.3 is 0 Å². The first-order valence-electron chi connectivity index (χ1n) is 5.46. The highest BCUT2D eigenvalue weighted by Crippen LogP contribution is 2.13. The molecule has 2 heterocycles. The van der Waals surface area contributed by atoms with Crippen LogP contribution in [0.1, 0.15) is 6.92 Å². The minimum atomic E-state index is 0.304. The van der Waals surface area contributed by atoms with Crippen LogP contribution in [0, 0.1) is 5.92 Å². The van der Waals surface area contributed by atoms with Crippen LogP contribution in [-0.4, -0.2) is 61.5 Å². The van der Waals surface area contributed by atoms with Crippen molar-refractivity contribution in [1.29, 1.82) is 0 Å². The summed E-state index contributed by atoms with van der Waals surface area (Å²) in [5.41, 5.74) is 0. The lowest BCUT2D eigenvalue weighted by molar-refractivity contribution is -0.134. The number of rotatable bonds is 2. The Labute approximate surface area is 85.2 Å². The number of hydrogen-bond acceptors (Lipinski definition) is 3. The molecule has 1 N–H and O–H groups in total. The number of nitrogens with one attached hydrogen (secondary N) is 1. The van der Waals surface area contributed by atoms with E-state index in [1.165, 1.54) is 0 Å². The third kappa shape index (κ3) is 2.25. The number of carbonyl (C=O) groups is 1. The average Bonchev–Trinajstić information content (AvgIpc) is 2.17. The number of likely N-dealkylation sites (tertiary alicyclic amines) is 1. The summed E-state index contributed by atoms with van der Waals surface area (Å²) in [6.07, 6.45) is 0. The third-order valence-corrected chi connectivity index (χ3v) is 2.97. The van der Waals surface area contributed by atoms with Gasteiger partial charge in [-0.3, -0.25) is 9.69 Å². The van der Waals surface area contributed by atoms with Crippen LogP contribution in [0.25, 0.3) is 0 Å². The largest absolute Gasteiger partial charge is 0.339 e. The molecule has 2 rings (SSSR count). The number of amides is 1. The monoisotopic (exact) mass is 197 g/mol. The molecule has 0 aliphatic carbocycles. The fraction of sp³-hybridized carbons (Fsp3) is 0.900. The maximum Gasteiger partial charge on any atom is 0.236 e. The van der Waals surface area contributed by atoms with E-state index in [0.717, 1.165) is 45.2 Å². The molecule has 0 aromatic heterocycles. The van der Waals surface area contributed by atoms with Crippen molar-refractivity contribution in [3.05, 3.63) is 0 Å². The Bertz CT molecular complexity index is 207. The SMILES string of the molecule is CC1CN(CC(=O)N2CCNCC2)C1. The van der Waals surface area contributed by atoms with Crippen LogP contribution >= 0.6 is 0 Å². The predicted molar refractivity (Wildman–Crippen MR) is 55.1 cm³/mol. The van der Waals surface area contributed by atoms with Crippen molar-refractivity contribution >= 4 is 5.91 Å². The van der Waals surface area contributed by atoms with Gasteiger partial charge in [0.1, 0.15) is 0 Å². The van der Waals surface area contributed by atoms with Crippen molar-refractivity contribution in [3.63, 3.8) is 0 Å². The number of hydrogen-bond donors (Lipinski definition) is 1. The number of nitrogens with zero attached hydrogens (tertiary/aromatic N) is 2. The molecule has 0 spiro atoms. The predicted octanol–water partition coefficient (Wildman–Crippen LogP) is -0.630. The Morgan fingerprint density at radius 1 is 1.36 bits per heavy atom. The fourth-order valence-corrected chi connectivity index (χ4v) is 2.16. The van der Waals surface area contributed by atoms with Gasteiger partial charge in [-0.05, 0) is 5.92 Å².